The van der Waals surface area contributed by atoms with Crippen LogP contribution in [0.5, 0.6) is 11.6 Å². The molecular formula is C19H16FN3O3. The third-order valence-corrected chi connectivity index (χ3v) is 3.70. The number of rotatable bonds is 5. The molecular weight excluding hydrogens is 337 g/mol. The average molecular weight is 353 g/mol. The maximum absolute atomic E-state index is 12.9. The van der Waals surface area contributed by atoms with E-state index in [9.17, 15) is 19.4 Å². The summed E-state index contributed by atoms with van der Waals surface area (Å²) >= 11 is 0. The van der Waals surface area contributed by atoms with E-state index >= 15 is 0 Å². The Hall–Kier alpha value is -3.48. The van der Waals surface area contributed by atoms with E-state index in [0.717, 1.165) is 5.56 Å². The lowest BCUT2D eigenvalue weighted by Gasteiger charge is -2.09. The van der Waals surface area contributed by atoms with Gasteiger partial charge in [0.1, 0.15) is 11.6 Å². The van der Waals surface area contributed by atoms with Crippen LogP contribution in [0.15, 0.2) is 54.6 Å². The van der Waals surface area contributed by atoms with Crippen LogP contribution in [0.1, 0.15) is 27.4 Å². The molecule has 3 aromatic rings. The number of carbonyl (C=O) groups excluding carboxylic acids is 1. The van der Waals surface area contributed by atoms with Crippen molar-refractivity contribution >= 4 is 5.91 Å². The summed E-state index contributed by atoms with van der Waals surface area (Å²) in [4.78, 5) is 20.2. The number of aromatic hydroxyl groups is 2. The van der Waals surface area contributed by atoms with Gasteiger partial charge in [0, 0.05) is 13.0 Å². The zero-order valence-electron chi connectivity index (χ0n) is 13.7. The highest BCUT2D eigenvalue weighted by Gasteiger charge is 2.19. The molecule has 3 rings (SSSR count). The van der Waals surface area contributed by atoms with Crippen LogP contribution in [-0.2, 0) is 13.0 Å². The van der Waals surface area contributed by atoms with Gasteiger partial charge in [0.15, 0.2) is 5.69 Å². The largest absolute Gasteiger partial charge is 0.501 e. The topological polar surface area (TPSA) is 95.3 Å². The van der Waals surface area contributed by atoms with Gasteiger partial charge in [0.2, 0.25) is 5.75 Å². The Kier molecular flexibility index (Phi) is 5.07. The standard InChI is InChI=1S/C19H16FN3O3/c20-14-8-6-13(7-9-14)11-21-18(25)16-17(24)19(26)23-15(22-16)10-12-4-2-1-3-5-12/h1-9,24H,10-11H2,(H,21,25)(H,22,23,26). The fourth-order valence-electron chi connectivity index (χ4n) is 2.37. The third kappa shape index (κ3) is 4.13. The van der Waals surface area contributed by atoms with Crippen LogP contribution >= 0.6 is 0 Å². The maximum atomic E-state index is 12.9. The van der Waals surface area contributed by atoms with Crippen LogP contribution in [0.25, 0.3) is 0 Å². The van der Waals surface area contributed by atoms with E-state index in [4.69, 9.17) is 0 Å². The fourth-order valence-corrected chi connectivity index (χ4v) is 2.37. The SMILES string of the molecule is O=C(NCc1ccc(F)cc1)c1nc(Cc2ccccc2)nc(O)c1O. The fraction of sp³-hybridized carbons (Fsp3) is 0.105. The number of hydrogen-bond donors (Lipinski definition) is 3. The molecule has 0 aliphatic rings. The van der Waals surface area contributed by atoms with Crippen LogP contribution in [0.4, 0.5) is 4.39 Å². The molecule has 0 aliphatic carbocycles. The number of nitrogens with zero attached hydrogens (tertiary/aromatic N) is 2. The van der Waals surface area contributed by atoms with Gasteiger partial charge in [-0.1, -0.05) is 42.5 Å². The summed E-state index contributed by atoms with van der Waals surface area (Å²) in [6.07, 6.45) is 0.299. The Morgan fingerprint density at radius 1 is 0.962 bits per heavy atom. The Balaban J connectivity index is 1.77. The number of aromatic nitrogens is 2. The van der Waals surface area contributed by atoms with Crippen molar-refractivity contribution in [2.24, 2.45) is 0 Å². The number of nitrogens with one attached hydrogen (secondary N) is 1. The van der Waals surface area contributed by atoms with Crippen molar-refractivity contribution in [3.05, 3.63) is 83.1 Å². The highest BCUT2D eigenvalue weighted by Crippen LogP contribution is 2.26. The zero-order valence-corrected chi connectivity index (χ0v) is 13.7. The van der Waals surface area contributed by atoms with Gasteiger partial charge in [-0.25, -0.2) is 9.37 Å². The van der Waals surface area contributed by atoms with Crippen molar-refractivity contribution in [2.75, 3.05) is 0 Å². The first-order valence-electron chi connectivity index (χ1n) is 7.88. The molecule has 0 bridgehead atoms. The van der Waals surface area contributed by atoms with Gasteiger partial charge in [-0.15, -0.1) is 0 Å². The minimum Gasteiger partial charge on any atom is -0.501 e. The minimum absolute atomic E-state index is 0.122. The third-order valence-electron chi connectivity index (χ3n) is 3.70. The molecule has 0 saturated carbocycles. The van der Waals surface area contributed by atoms with Crippen molar-refractivity contribution in [2.45, 2.75) is 13.0 Å². The van der Waals surface area contributed by atoms with E-state index in [1.165, 1.54) is 24.3 Å². The quantitative estimate of drug-likeness (QED) is 0.655. The van der Waals surface area contributed by atoms with E-state index in [2.05, 4.69) is 15.3 Å². The molecule has 7 heteroatoms. The van der Waals surface area contributed by atoms with Crippen LogP contribution in [0.2, 0.25) is 0 Å². The number of amides is 1. The maximum Gasteiger partial charge on any atom is 0.274 e. The van der Waals surface area contributed by atoms with Gasteiger partial charge >= 0.3 is 0 Å². The Bertz CT molecular complexity index is 915. The number of carbonyl (C=O) groups is 1. The van der Waals surface area contributed by atoms with Gasteiger partial charge in [-0.05, 0) is 23.3 Å². The smallest absolute Gasteiger partial charge is 0.274 e. The van der Waals surface area contributed by atoms with Crippen LogP contribution in [-0.4, -0.2) is 26.1 Å². The Labute approximate surface area is 149 Å². The molecule has 132 valence electrons. The van der Waals surface area contributed by atoms with Crippen molar-refractivity contribution < 1.29 is 19.4 Å². The average Bonchev–Trinajstić information content (AvgIpc) is 2.64. The zero-order chi connectivity index (χ0) is 18.5. The minimum atomic E-state index is -0.682. The molecule has 2 aromatic carbocycles. The second-order valence-corrected chi connectivity index (χ2v) is 5.63. The molecule has 1 aromatic heterocycles. The lowest BCUT2D eigenvalue weighted by atomic mass is 10.1. The second-order valence-electron chi connectivity index (χ2n) is 5.63. The van der Waals surface area contributed by atoms with E-state index in [0.29, 0.717) is 12.0 Å². The van der Waals surface area contributed by atoms with Crippen molar-refractivity contribution in [3.8, 4) is 11.6 Å². The van der Waals surface area contributed by atoms with Gasteiger partial charge in [0.25, 0.3) is 11.8 Å². The summed E-state index contributed by atoms with van der Waals surface area (Å²) in [5.41, 5.74) is 1.27. The van der Waals surface area contributed by atoms with Gasteiger partial charge in [-0.3, -0.25) is 4.79 Å². The summed E-state index contributed by atoms with van der Waals surface area (Å²) in [5.74, 6) is -2.17. The van der Waals surface area contributed by atoms with E-state index < -0.39 is 17.5 Å². The number of halogens is 1. The second kappa shape index (κ2) is 7.60. The first kappa shape index (κ1) is 17.3. The summed E-state index contributed by atoms with van der Waals surface area (Å²) < 4.78 is 12.9. The molecule has 0 radical (unpaired) electrons. The van der Waals surface area contributed by atoms with E-state index in [1.54, 1.807) is 0 Å². The van der Waals surface area contributed by atoms with E-state index in [1.807, 2.05) is 30.3 Å². The highest BCUT2D eigenvalue weighted by atomic mass is 19.1. The first-order chi connectivity index (χ1) is 12.5. The summed E-state index contributed by atoms with van der Waals surface area (Å²) in [7, 11) is 0. The Morgan fingerprint density at radius 2 is 1.65 bits per heavy atom. The molecule has 0 fully saturated rings. The molecule has 0 spiro atoms. The molecule has 0 saturated heterocycles. The summed E-state index contributed by atoms with van der Waals surface area (Å²) in [6.45, 7) is 0.122. The highest BCUT2D eigenvalue weighted by molar-refractivity contribution is 5.95. The predicted molar refractivity (Wildman–Crippen MR) is 92.2 cm³/mol. The molecule has 1 amide bonds. The number of hydrogen-bond acceptors (Lipinski definition) is 5. The molecule has 0 aliphatic heterocycles. The van der Waals surface area contributed by atoms with Crippen LogP contribution in [0.3, 0.4) is 0 Å². The molecule has 0 atom stereocenters. The van der Waals surface area contributed by atoms with Crippen molar-refractivity contribution in [1.82, 2.24) is 15.3 Å². The molecule has 6 nitrogen and oxygen atoms in total. The summed E-state index contributed by atoms with van der Waals surface area (Å²) in [5, 5.41) is 22.3. The monoisotopic (exact) mass is 353 g/mol. The molecule has 0 unspecified atom stereocenters. The van der Waals surface area contributed by atoms with E-state index in [-0.39, 0.29) is 23.9 Å². The van der Waals surface area contributed by atoms with Crippen molar-refractivity contribution in [3.63, 3.8) is 0 Å². The summed E-state index contributed by atoms with van der Waals surface area (Å²) in [6, 6.07) is 14.9. The predicted octanol–water partition coefficient (Wildman–Crippen LogP) is 2.55. The van der Waals surface area contributed by atoms with Crippen LogP contribution in [0, 0.1) is 5.82 Å². The first-order valence-corrected chi connectivity index (χ1v) is 7.88. The molecule has 26 heavy (non-hydrogen) atoms. The normalized spacial score (nSPS) is 10.5. The number of benzene rings is 2. The van der Waals surface area contributed by atoms with Gasteiger partial charge < -0.3 is 15.5 Å². The lowest BCUT2D eigenvalue weighted by molar-refractivity contribution is 0.0941. The Morgan fingerprint density at radius 3 is 2.35 bits per heavy atom. The molecule has 1 heterocycles. The van der Waals surface area contributed by atoms with Crippen LogP contribution < -0.4 is 5.32 Å². The van der Waals surface area contributed by atoms with Gasteiger partial charge in [-0.2, -0.15) is 4.98 Å². The van der Waals surface area contributed by atoms with Crippen molar-refractivity contribution in [1.29, 1.82) is 0 Å². The lowest BCUT2D eigenvalue weighted by Crippen LogP contribution is -2.24. The van der Waals surface area contributed by atoms with Gasteiger partial charge in [0.05, 0.1) is 0 Å². The molecule has 3 N–H and O–H groups in total.